The summed E-state index contributed by atoms with van der Waals surface area (Å²) in [7, 11) is 0. The van der Waals surface area contributed by atoms with E-state index in [1.165, 1.54) is 5.56 Å². The minimum Gasteiger partial charge on any atom is -0.426 e. The number of amides is 1. The number of carbonyl (C=O) groups is 2. The Balaban J connectivity index is 1.45. The highest BCUT2D eigenvalue weighted by Crippen LogP contribution is 2.33. The number of rotatable bonds is 5. The van der Waals surface area contributed by atoms with Crippen molar-refractivity contribution in [3.63, 3.8) is 0 Å². The molecule has 0 aromatic heterocycles. The van der Waals surface area contributed by atoms with Crippen molar-refractivity contribution >= 4 is 17.6 Å². The number of hydrogen-bond acceptors (Lipinski definition) is 3. The molecule has 1 aliphatic rings. The molecule has 1 saturated heterocycles. The Kier molecular flexibility index (Phi) is 5.88. The maximum Gasteiger partial charge on any atom is 0.316 e. The van der Waals surface area contributed by atoms with E-state index in [1.54, 1.807) is 4.90 Å². The molecule has 0 bridgehead atoms. The third kappa shape index (κ3) is 4.18. The number of nitrogens with zero attached hydrogens (tertiary/aromatic N) is 1. The van der Waals surface area contributed by atoms with Crippen LogP contribution in [0, 0.1) is 19.8 Å². The van der Waals surface area contributed by atoms with Crippen LogP contribution < -0.4 is 9.64 Å². The molecule has 1 aliphatic heterocycles. The fourth-order valence-electron chi connectivity index (χ4n) is 4.47. The lowest BCUT2D eigenvalue weighted by Gasteiger charge is -2.26. The van der Waals surface area contributed by atoms with E-state index in [9.17, 15) is 9.59 Å². The number of aryl methyl sites for hydroxylation is 2. The summed E-state index contributed by atoms with van der Waals surface area (Å²) < 4.78 is 5.65. The first-order valence-electron chi connectivity index (χ1n) is 11.0. The smallest absolute Gasteiger partial charge is 0.316 e. The van der Waals surface area contributed by atoms with Crippen LogP contribution in [0.4, 0.5) is 5.69 Å². The topological polar surface area (TPSA) is 46.6 Å². The molecule has 0 unspecified atom stereocenters. The van der Waals surface area contributed by atoms with Crippen molar-refractivity contribution in [2.45, 2.75) is 39.5 Å². The average molecular weight is 428 g/mol. The number of carbonyl (C=O) groups excluding carboxylic acids is 2. The molecule has 1 atom stereocenters. The van der Waals surface area contributed by atoms with Crippen LogP contribution in [-0.4, -0.2) is 18.4 Å². The molecule has 1 fully saturated rings. The first-order valence-corrected chi connectivity index (χ1v) is 11.0. The predicted molar refractivity (Wildman–Crippen MR) is 127 cm³/mol. The second kappa shape index (κ2) is 8.62. The molecule has 3 aromatic carbocycles. The summed E-state index contributed by atoms with van der Waals surface area (Å²) in [6.45, 7) is 8.67. The first-order chi connectivity index (χ1) is 15.3. The van der Waals surface area contributed by atoms with Crippen LogP contribution >= 0.6 is 0 Å². The van der Waals surface area contributed by atoms with Gasteiger partial charge in [-0.1, -0.05) is 74.5 Å². The lowest BCUT2D eigenvalue weighted by atomic mass is 9.78. The Morgan fingerprint density at radius 2 is 1.47 bits per heavy atom. The molecular formula is C28H29NO3. The second-order valence-corrected chi connectivity index (χ2v) is 9.08. The van der Waals surface area contributed by atoms with Crippen LogP contribution in [0.15, 0.2) is 72.8 Å². The van der Waals surface area contributed by atoms with Crippen LogP contribution in [0.25, 0.3) is 0 Å². The monoisotopic (exact) mass is 427 g/mol. The Bertz CT molecular complexity index is 1110. The molecule has 1 heterocycles. The van der Waals surface area contributed by atoms with E-state index in [0.717, 1.165) is 22.4 Å². The summed E-state index contributed by atoms with van der Waals surface area (Å²) in [6, 6.07) is 23.9. The molecule has 1 amide bonds. The molecule has 164 valence electrons. The largest absolute Gasteiger partial charge is 0.426 e. The van der Waals surface area contributed by atoms with E-state index >= 15 is 0 Å². The van der Waals surface area contributed by atoms with Gasteiger partial charge in [0.25, 0.3) is 0 Å². The highest BCUT2D eigenvalue weighted by molar-refractivity contribution is 6.00. The summed E-state index contributed by atoms with van der Waals surface area (Å²) >= 11 is 0. The highest BCUT2D eigenvalue weighted by atomic mass is 16.5. The number of benzene rings is 3. The molecule has 0 spiro atoms. The molecule has 0 radical (unpaired) electrons. The lowest BCUT2D eigenvalue weighted by molar-refractivity contribution is -0.139. The van der Waals surface area contributed by atoms with E-state index in [0.29, 0.717) is 12.3 Å². The fourth-order valence-corrected chi connectivity index (χ4v) is 4.47. The highest BCUT2D eigenvalue weighted by Gasteiger charge is 2.37. The van der Waals surface area contributed by atoms with Crippen molar-refractivity contribution in [3.8, 4) is 5.75 Å². The molecular weight excluding hydrogens is 398 g/mol. The van der Waals surface area contributed by atoms with E-state index in [1.807, 2.05) is 74.5 Å². The van der Waals surface area contributed by atoms with Gasteiger partial charge in [-0.25, -0.2) is 0 Å². The molecule has 4 nitrogen and oxygen atoms in total. The van der Waals surface area contributed by atoms with Gasteiger partial charge in [0.2, 0.25) is 5.91 Å². The van der Waals surface area contributed by atoms with Crippen LogP contribution in [0.5, 0.6) is 5.75 Å². The van der Waals surface area contributed by atoms with E-state index in [4.69, 9.17) is 4.74 Å². The molecule has 0 N–H and O–H groups in total. The predicted octanol–water partition coefficient (Wildman–Crippen LogP) is 5.59. The van der Waals surface area contributed by atoms with Crippen molar-refractivity contribution in [3.05, 3.63) is 95.1 Å². The Morgan fingerprint density at radius 3 is 2.09 bits per heavy atom. The third-order valence-electron chi connectivity index (χ3n) is 6.46. The number of anilines is 1. The van der Waals surface area contributed by atoms with E-state index in [2.05, 4.69) is 26.0 Å². The number of hydrogen-bond donors (Lipinski definition) is 0. The van der Waals surface area contributed by atoms with Gasteiger partial charge in [0.05, 0.1) is 5.92 Å². The number of ether oxygens (including phenoxy) is 1. The quantitative estimate of drug-likeness (QED) is 0.394. The van der Waals surface area contributed by atoms with Gasteiger partial charge < -0.3 is 9.64 Å². The summed E-state index contributed by atoms with van der Waals surface area (Å²) in [5, 5.41) is 0. The maximum absolute atomic E-state index is 12.8. The first kappa shape index (κ1) is 21.8. The van der Waals surface area contributed by atoms with Gasteiger partial charge in [0.15, 0.2) is 0 Å². The molecule has 4 heteroatoms. The molecule has 32 heavy (non-hydrogen) atoms. The summed E-state index contributed by atoms with van der Waals surface area (Å²) in [4.78, 5) is 27.2. The van der Waals surface area contributed by atoms with Crippen molar-refractivity contribution in [2.24, 2.45) is 5.92 Å². The minimum atomic E-state index is -0.470. The third-order valence-corrected chi connectivity index (χ3v) is 6.46. The van der Waals surface area contributed by atoms with Gasteiger partial charge in [-0.3, -0.25) is 9.59 Å². The number of para-hydroxylation sites is 1. The van der Waals surface area contributed by atoms with Gasteiger partial charge in [-0.2, -0.15) is 0 Å². The van der Waals surface area contributed by atoms with Gasteiger partial charge >= 0.3 is 5.97 Å². The molecule has 4 rings (SSSR count). The Labute approximate surface area is 189 Å². The van der Waals surface area contributed by atoms with E-state index in [-0.39, 0.29) is 23.7 Å². The SMILES string of the molecule is Cc1cccc(C)c1N1C[C@@H](C(=O)Oc2ccc(C(C)(C)c3ccccc3)cc2)CC1=O. The zero-order chi connectivity index (χ0) is 22.9. The Morgan fingerprint density at radius 1 is 0.875 bits per heavy atom. The van der Waals surface area contributed by atoms with E-state index < -0.39 is 5.92 Å². The fraction of sp³-hybridized carbons (Fsp3) is 0.286. The normalized spacial score (nSPS) is 16.3. The van der Waals surface area contributed by atoms with Gasteiger partial charge in [0, 0.05) is 24.1 Å². The summed E-state index contributed by atoms with van der Waals surface area (Å²) in [5.74, 6) is -0.367. The van der Waals surface area contributed by atoms with Crippen molar-refractivity contribution in [1.29, 1.82) is 0 Å². The van der Waals surface area contributed by atoms with Crippen LogP contribution in [-0.2, 0) is 15.0 Å². The van der Waals surface area contributed by atoms with Crippen molar-refractivity contribution < 1.29 is 14.3 Å². The van der Waals surface area contributed by atoms with Gasteiger partial charge in [0.1, 0.15) is 5.75 Å². The van der Waals surface area contributed by atoms with Gasteiger partial charge in [-0.05, 0) is 48.2 Å². The number of esters is 1. The molecule has 3 aromatic rings. The molecule has 0 aliphatic carbocycles. The second-order valence-electron chi connectivity index (χ2n) is 9.08. The van der Waals surface area contributed by atoms with Gasteiger partial charge in [-0.15, -0.1) is 0 Å². The summed E-state index contributed by atoms with van der Waals surface area (Å²) in [5.41, 5.74) is 5.17. The molecule has 0 saturated carbocycles. The zero-order valence-electron chi connectivity index (χ0n) is 19.1. The van der Waals surface area contributed by atoms with Crippen LogP contribution in [0.3, 0.4) is 0 Å². The minimum absolute atomic E-state index is 0.0377. The Hall–Kier alpha value is -3.40. The van der Waals surface area contributed by atoms with Crippen molar-refractivity contribution in [2.75, 3.05) is 11.4 Å². The standard InChI is InChI=1S/C28H29NO3/c1-19-9-8-10-20(2)26(19)29-18-21(17-25(29)30)27(31)32-24-15-13-23(14-16-24)28(3,4)22-11-6-5-7-12-22/h5-16,21H,17-18H2,1-4H3/t21-/m0/s1. The zero-order valence-corrected chi connectivity index (χ0v) is 19.1. The lowest BCUT2D eigenvalue weighted by Crippen LogP contribution is -2.28. The van der Waals surface area contributed by atoms with Crippen molar-refractivity contribution in [1.82, 2.24) is 0 Å². The maximum atomic E-state index is 12.8. The van der Waals surface area contributed by atoms with Crippen LogP contribution in [0.2, 0.25) is 0 Å². The van der Waals surface area contributed by atoms with Crippen LogP contribution in [0.1, 0.15) is 42.5 Å². The average Bonchev–Trinajstić information content (AvgIpc) is 3.16. The summed E-state index contributed by atoms with van der Waals surface area (Å²) in [6.07, 6.45) is 0.172.